The molecule has 4 heteroatoms. The van der Waals surface area contributed by atoms with Crippen molar-refractivity contribution in [1.29, 1.82) is 0 Å². The highest BCUT2D eigenvalue weighted by Gasteiger charge is 2.08. The van der Waals surface area contributed by atoms with E-state index in [1.54, 1.807) is 0 Å². The second-order valence-corrected chi connectivity index (χ2v) is 4.97. The van der Waals surface area contributed by atoms with Crippen LogP contribution in [0.5, 0.6) is 0 Å². The van der Waals surface area contributed by atoms with Crippen LogP contribution in [0.25, 0.3) is 0 Å². The molecule has 0 heterocycles. The fourth-order valence-corrected chi connectivity index (χ4v) is 1.17. The Morgan fingerprint density at radius 1 is 0.765 bits per heavy atom. The van der Waals surface area contributed by atoms with E-state index < -0.39 is 0 Å². The second kappa shape index (κ2) is 11.0. The molecule has 0 aromatic carbocycles. The van der Waals surface area contributed by atoms with Crippen molar-refractivity contribution in [2.24, 2.45) is 0 Å². The lowest BCUT2D eigenvalue weighted by Gasteiger charge is -2.19. The molecule has 0 aliphatic rings. The molecule has 0 aliphatic heterocycles. The Morgan fingerprint density at radius 3 is 1.71 bits per heavy atom. The molecule has 1 N–H and O–H groups in total. The molecule has 0 spiro atoms. The van der Waals surface area contributed by atoms with Crippen LogP contribution in [0.15, 0.2) is 0 Å². The number of ether oxygens (including phenoxy) is 3. The molecule has 0 atom stereocenters. The van der Waals surface area contributed by atoms with Crippen LogP contribution in [0.1, 0.15) is 40.0 Å². The van der Waals surface area contributed by atoms with Crippen molar-refractivity contribution in [3.63, 3.8) is 0 Å². The van der Waals surface area contributed by atoms with E-state index in [1.807, 2.05) is 0 Å². The van der Waals surface area contributed by atoms with Crippen molar-refractivity contribution in [2.75, 3.05) is 39.6 Å². The maximum atomic E-state index is 8.53. The van der Waals surface area contributed by atoms with Gasteiger partial charge in [-0.15, -0.1) is 0 Å². The van der Waals surface area contributed by atoms with Crippen LogP contribution in [0.3, 0.4) is 0 Å². The van der Waals surface area contributed by atoms with Crippen LogP contribution in [0.2, 0.25) is 0 Å². The lowest BCUT2D eigenvalue weighted by molar-refractivity contribution is -0.0149. The molecule has 0 aromatic heterocycles. The first-order valence-corrected chi connectivity index (χ1v) is 6.46. The zero-order chi connectivity index (χ0) is 13.0. The van der Waals surface area contributed by atoms with Crippen molar-refractivity contribution in [2.45, 2.75) is 45.6 Å². The molecule has 0 saturated carbocycles. The van der Waals surface area contributed by atoms with Gasteiger partial charge in [0, 0.05) is 39.6 Å². The highest BCUT2D eigenvalue weighted by atomic mass is 16.5. The lowest BCUT2D eigenvalue weighted by Crippen LogP contribution is -2.20. The number of hydrogen-bond donors (Lipinski definition) is 1. The molecule has 0 amide bonds. The fraction of sp³-hybridized carbons (Fsp3) is 1.00. The van der Waals surface area contributed by atoms with Gasteiger partial charge in [0.05, 0.1) is 5.60 Å². The van der Waals surface area contributed by atoms with E-state index in [4.69, 9.17) is 19.3 Å². The molecule has 0 saturated heterocycles. The fourth-order valence-electron chi connectivity index (χ4n) is 1.17. The second-order valence-electron chi connectivity index (χ2n) is 4.97. The highest BCUT2D eigenvalue weighted by molar-refractivity contribution is 4.58. The van der Waals surface area contributed by atoms with Crippen molar-refractivity contribution in [3.8, 4) is 0 Å². The predicted octanol–water partition coefficient (Wildman–Crippen LogP) is 2.00. The molecule has 0 fully saturated rings. The standard InChI is InChI=1S/C13H28O4/c1-13(2,3)17-12-6-11-16-10-5-9-15-8-4-7-14/h14H,4-12H2,1-3H3. The molecule has 0 unspecified atom stereocenters. The number of aliphatic hydroxyl groups is 1. The minimum absolute atomic E-state index is 0.0550. The molecule has 0 aromatic rings. The number of rotatable bonds is 11. The summed E-state index contributed by atoms with van der Waals surface area (Å²) < 4.78 is 16.3. The quantitative estimate of drug-likeness (QED) is 0.568. The van der Waals surface area contributed by atoms with Crippen molar-refractivity contribution in [1.82, 2.24) is 0 Å². The van der Waals surface area contributed by atoms with Gasteiger partial charge in [-0.25, -0.2) is 0 Å². The van der Waals surface area contributed by atoms with Gasteiger partial charge in [-0.3, -0.25) is 0 Å². The molecule has 104 valence electrons. The van der Waals surface area contributed by atoms with Gasteiger partial charge in [-0.05, 0) is 40.0 Å². The van der Waals surface area contributed by atoms with Crippen LogP contribution in [-0.2, 0) is 14.2 Å². The topological polar surface area (TPSA) is 47.9 Å². The van der Waals surface area contributed by atoms with E-state index in [1.165, 1.54) is 0 Å². The normalized spacial score (nSPS) is 12.0. The third-order valence-electron chi connectivity index (χ3n) is 1.99. The van der Waals surface area contributed by atoms with Crippen molar-refractivity contribution >= 4 is 0 Å². The first-order chi connectivity index (χ1) is 8.06. The Kier molecular flexibility index (Phi) is 10.9. The number of hydrogen-bond acceptors (Lipinski definition) is 4. The summed E-state index contributed by atoms with van der Waals surface area (Å²) in [5.41, 5.74) is -0.0550. The molecule has 17 heavy (non-hydrogen) atoms. The smallest absolute Gasteiger partial charge is 0.0598 e. The van der Waals surface area contributed by atoms with Gasteiger partial charge in [-0.1, -0.05) is 0 Å². The highest BCUT2D eigenvalue weighted by Crippen LogP contribution is 2.06. The van der Waals surface area contributed by atoms with Crippen LogP contribution in [0, 0.1) is 0 Å². The van der Waals surface area contributed by atoms with Gasteiger partial charge in [0.15, 0.2) is 0 Å². The predicted molar refractivity (Wildman–Crippen MR) is 68.3 cm³/mol. The van der Waals surface area contributed by atoms with Crippen LogP contribution >= 0.6 is 0 Å². The molecule has 0 radical (unpaired) electrons. The Bertz CT molecular complexity index is 154. The van der Waals surface area contributed by atoms with Crippen LogP contribution < -0.4 is 0 Å². The summed E-state index contributed by atoms with van der Waals surface area (Å²) in [5, 5.41) is 8.53. The minimum atomic E-state index is -0.0550. The van der Waals surface area contributed by atoms with E-state index >= 15 is 0 Å². The van der Waals surface area contributed by atoms with Gasteiger partial charge < -0.3 is 19.3 Å². The largest absolute Gasteiger partial charge is 0.396 e. The van der Waals surface area contributed by atoms with E-state index in [0.717, 1.165) is 32.7 Å². The van der Waals surface area contributed by atoms with E-state index in [9.17, 15) is 0 Å². The third-order valence-corrected chi connectivity index (χ3v) is 1.99. The Labute approximate surface area is 105 Å². The summed E-state index contributed by atoms with van der Waals surface area (Å²) in [6.45, 7) is 9.92. The van der Waals surface area contributed by atoms with E-state index in [-0.39, 0.29) is 12.2 Å². The first kappa shape index (κ1) is 16.8. The SMILES string of the molecule is CC(C)(C)OCCCOCCCOCCCO. The molecular formula is C13H28O4. The summed E-state index contributed by atoms with van der Waals surface area (Å²) in [6.07, 6.45) is 2.55. The lowest BCUT2D eigenvalue weighted by atomic mass is 10.2. The van der Waals surface area contributed by atoms with Gasteiger partial charge in [0.25, 0.3) is 0 Å². The van der Waals surface area contributed by atoms with Gasteiger partial charge in [-0.2, -0.15) is 0 Å². The van der Waals surface area contributed by atoms with Crippen molar-refractivity contribution < 1.29 is 19.3 Å². The molecule has 4 nitrogen and oxygen atoms in total. The minimum Gasteiger partial charge on any atom is -0.396 e. The molecular weight excluding hydrogens is 220 g/mol. The summed E-state index contributed by atoms with van der Waals surface area (Å²) in [6, 6.07) is 0. The maximum Gasteiger partial charge on any atom is 0.0598 e. The summed E-state index contributed by atoms with van der Waals surface area (Å²) in [4.78, 5) is 0. The summed E-state index contributed by atoms with van der Waals surface area (Å²) in [7, 11) is 0. The zero-order valence-electron chi connectivity index (χ0n) is 11.5. The Morgan fingerprint density at radius 2 is 1.24 bits per heavy atom. The van der Waals surface area contributed by atoms with E-state index in [0.29, 0.717) is 19.6 Å². The first-order valence-electron chi connectivity index (χ1n) is 6.46. The molecule has 0 bridgehead atoms. The third kappa shape index (κ3) is 15.8. The summed E-state index contributed by atoms with van der Waals surface area (Å²) in [5.74, 6) is 0. The van der Waals surface area contributed by atoms with Gasteiger partial charge in [0.2, 0.25) is 0 Å². The number of aliphatic hydroxyl groups excluding tert-OH is 1. The monoisotopic (exact) mass is 248 g/mol. The molecule has 0 rings (SSSR count). The van der Waals surface area contributed by atoms with Gasteiger partial charge >= 0.3 is 0 Å². The maximum absolute atomic E-state index is 8.53. The average molecular weight is 248 g/mol. The van der Waals surface area contributed by atoms with Crippen LogP contribution in [-0.4, -0.2) is 50.3 Å². The summed E-state index contributed by atoms with van der Waals surface area (Å²) >= 11 is 0. The van der Waals surface area contributed by atoms with E-state index in [2.05, 4.69) is 20.8 Å². The van der Waals surface area contributed by atoms with Gasteiger partial charge in [0.1, 0.15) is 0 Å². The van der Waals surface area contributed by atoms with Crippen LogP contribution in [0.4, 0.5) is 0 Å². The average Bonchev–Trinajstić information content (AvgIpc) is 2.24. The van der Waals surface area contributed by atoms with Crippen molar-refractivity contribution in [3.05, 3.63) is 0 Å². The zero-order valence-corrected chi connectivity index (χ0v) is 11.5. The Balaban J connectivity index is 2.99. The Hall–Kier alpha value is -0.160. The molecule has 0 aliphatic carbocycles.